The standard InChI is InChI=1S/C14H19FN2O2/c1-16-11-5-4-8-17(9-11)14(18)10-19-13-7-3-2-6-12(13)15/h2-3,6-7,11,16H,4-5,8-10H2,1H3/t11-/m1/s1. The lowest BCUT2D eigenvalue weighted by atomic mass is 10.1. The number of amides is 1. The van der Waals surface area contributed by atoms with Crippen molar-refractivity contribution in [3.63, 3.8) is 0 Å². The largest absolute Gasteiger partial charge is 0.481 e. The number of para-hydroxylation sites is 1. The van der Waals surface area contributed by atoms with Crippen molar-refractivity contribution in [2.45, 2.75) is 18.9 Å². The van der Waals surface area contributed by atoms with Crippen LogP contribution in [0.1, 0.15) is 12.8 Å². The molecule has 1 aliphatic heterocycles. The van der Waals surface area contributed by atoms with Gasteiger partial charge in [0.15, 0.2) is 18.2 Å². The van der Waals surface area contributed by atoms with Crippen molar-refractivity contribution in [3.05, 3.63) is 30.1 Å². The van der Waals surface area contributed by atoms with Crippen LogP contribution in [-0.4, -0.2) is 43.6 Å². The van der Waals surface area contributed by atoms with E-state index < -0.39 is 5.82 Å². The number of piperidine rings is 1. The molecule has 0 saturated carbocycles. The molecule has 19 heavy (non-hydrogen) atoms. The van der Waals surface area contributed by atoms with Crippen molar-refractivity contribution in [1.82, 2.24) is 10.2 Å². The summed E-state index contributed by atoms with van der Waals surface area (Å²) >= 11 is 0. The van der Waals surface area contributed by atoms with Gasteiger partial charge in [-0.3, -0.25) is 4.79 Å². The van der Waals surface area contributed by atoms with E-state index in [-0.39, 0.29) is 18.3 Å². The van der Waals surface area contributed by atoms with Crippen LogP contribution in [0.15, 0.2) is 24.3 Å². The minimum Gasteiger partial charge on any atom is -0.481 e. The van der Waals surface area contributed by atoms with E-state index in [1.807, 2.05) is 7.05 Å². The summed E-state index contributed by atoms with van der Waals surface area (Å²) in [5, 5.41) is 3.18. The summed E-state index contributed by atoms with van der Waals surface area (Å²) in [7, 11) is 1.90. The fraction of sp³-hybridized carbons (Fsp3) is 0.500. The van der Waals surface area contributed by atoms with E-state index in [2.05, 4.69) is 5.32 Å². The second kappa shape index (κ2) is 6.52. The van der Waals surface area contributed by atoms with Crippen LogP contribution in [0.5, 0.6) is 5.75 Å². The Labute approximate surface area is 112 Å². The van der Waals surface area contributed by atoms with Crippen LogP contribution in [0.3, 0.4) is 0 Å². The van der Waals surface area contributed by atoms with Gasteiger partial charge >= 0.3 is 0 Å². The van der Waals surface area contributed by atoms with Crippen LogP contribution in [-0.2, 0) is 4.79 Å². The second-order valence-electron chi connectivity index (χ2n) is 4.69. The van der Waals surface area contributed by atoms with Crippen molar-refractivity contribution in [3.8, 4) is 5.75 Å². The molecule has 2 rings (SSSR count). The second-order valence-corrected chi connectivity index (χ2v) is 4.69. The van der Waals surface area contributed by atoms with Crippen molar-refractivity contribution < 1.29 is 13.9 Å². The molecule has 1 amide bonds. The summed E-state index contributed by atoms with van der Waals surface area (Å²) in [5.74, 6) is -0.414. The number of rotatable bonds is 4. The van der Waals surface area contributed by atoms with Crippen LogP contribution < -0.4 is 10.1 Å². The van der Waals surface area contributed by atoms with Crippen LogP contribution in [0.4, 0.5) is 4.39 Å². The van der Waals surface area contributed by atoms with Gasteiger partial charge in [-0.25, -0.2) is 4.39 Å². The lowest BCUT2D eigenvalue weighted by Gasteiger charge is -2.32. The Balaban J connectivity index is 1.86. The summed E-state index contributed by atoms with van der Waals surface area (Å²) in [6.07, 6.45) is 2.06. The number of carbonyl (C=O) groups is 1. The maximum absolute atomic E-state index is 13.3. The number of carbonyl (C=O) groups excluding carboxylic acids is 1. The first-order valence-electron chi connectivity index (χ1n) is 6.53. The molecule has 0 radical (unpaired) electrons. The number of nitrogens with zero attached hydrogens (tertiary/aromatic N) is 1. The van der Waals surface area contributed by atoms with E-state index in [9.17, 15) is 9.18 Å². The van der Waals surface area contributed by atoms with Gasteiger partial charge in [-0.15, -0.1) is 0 Å². The Morgan fingerprint density at radius 3 is 3.05 bits per heavy atom. The lowest BCUT2D eigenvalue weighted by Crippen LogP contribution is -2.48. The molecule has 104 valence electrons. The first-order valence-corrected chi connectivity index (χ1v) is 6.53. The van der Waals surface area contributed by atoms with E-state index in [0.717, 1.165) is 19.4 Å². The molecule has 1 N–H and O–H groups in total. The molecule has 1 heterocycles. The first kappa shape index (κ1) is 13.8. The highest BCUT2D eigenvalue weighted by molar-refractivity contribution is 5.77. The van der Waals surface area contributed by atoms with Crippen molar-refractivity contribution in [2.75, 3.05) is 26.7 Å². The van der Waals surface area contributed by atoms with E-state index in [0.29, 0.717) is 12.6 Å². The molecule has 5 heteroatoms. The molecule has 0 spiro atoms. The van der Waals surface area contributed by atoms with Gasteiger partial charge in [0.1, 0.15) is 0 Å². The summed E-state index contributed by atoms with van der Waals surface area (Å²) in [6.45, 7) is 1.32. The highest BCUT2D eigenvalue weighted by Crippen LogP contribution is 2.16. The minimum absolute atomic E-state index is 0.0943. The van der Waals surface area contributed by atoms with Crippen LogP contribution >= 0.6 is 0 Å². The van der Waals surface area contributed by atoms with Crippen LogP contribution in [0.25, 0.3) is 0 Å². The third-order valence-corrected chi connectivity index (χ3v) is 3.37. The Morgan fingerprint density at radius 2 is 2.32 bits per heavy atom. The van der Waals surface area contributed by atoms with Crippen molar-refractivity contribution >= 4 is 5.91 Å². The average molecular weight is 266 g/mol. The van der Waals surface area contributed by atoms with Gasteiger partial charge in [0.05, 0.1) is 0 Å². The zero-order valence-corrected chi connectivity index (χ0v) is 11.1. The first-order chi connectivity index (χ1) is 9.20. The van der Waals surface area contributed by atoms with E-state index in [1.54, 1.807) is 17.0 Å². The maximum Gasteiger partial charge on any atom is 0.260 e. The molecule has 0 unspecified atom stereocenters. The van der Waals surface area contributed by atoms with Crippen LogP contribution in [0, 0.1) is 5.82 Å². The van der Waals surface area contributed by atoms with Gasteiger partial charge in [0, 0.05) is 19.1 Å². The molecule has 1 aliphatic rings. The predicted octanol–water partition coefficient (Wildman–Crippen LogP) is 1.41. The highest BCUT2D eigenvalue weighted by atomic mass is 19.1. The molecule has 1 atom stereocenters. The highest BCUT2D eigenvalue weighted by Gasteiger charge is 2.22. The topological polar surface area (TPSA) is 41.6 Å². The number of hydrogen-bond donors (Lipinski definition) is 1. The molecule has 1 aromatic carbocycles. The number of ether oxygens (including phenoxy) is 1. The van der Waals surface area contributed by atoms with E-state index in [1.165, 1.54) is 12.1 Å². The Hall–Kier alpha value is -1.62. The fourth-order valence-electron chi connectivity index (χ4n) is 2.23. The zero-order valence-electron chi connectivity index (χ0n) is 11.1. The Kier molecular flexibility index (Phi) is 4.74. The zero-order chi connectivity index (χ0) is 13.7. The molecule has 1 aromatic rings. The molecule has 0 bridgehead atoms. The van der Waals surface area contributed by atoms with Gasteiger partial charge in [-0.2, -0.15) is 0 Å². The summed E-state index contributed by atoms with van der Waals surface area (Å²) < 4.78 is 18.6. The number of nitrogens with one attached hydrogen (secondary N) is 1. The summed E-state index contributed by atoms with van der Waals surface area (Å²) in [5.41, 5.74) is 0. The molecule has 1 fully saturated rings. The molecule has 4 nitrogen and oxygen atoms in total. The van der Waals surface area contributed by atoms with Crippen molar-refractivity contribution in [2.24, 2.45) is 0 Å². The predicted molar refractivity (Wildman–Crippen MR) is 70.6 cm³/mol. The number of halogens is 1. The van der Waals surface area contributed by atoms with Crippen molar-refractivity contribution in [1.29, 1.82) is 0 Å². The maximum atomic E-state index is 13.3. The molecule has 0 aromatic heterocycles. The fourth-order valence-corrected chi connectivity index (χ4v) is 2.23. The summed E-state index contributed by atoms with van der Waals surface area (Å²) in [6, 6.07) is 6.45. The molecular weight excluding hydrogens is 247 g/mol. The van der Waals surface area contributed by atoms with Gasteiger partial charge in [-0.05, 0) is 32.0 Å². The molecular formula is C14H19FN2O2. The smallest absolute Gasteiger partial charge is 0.260 e. The van der Waals surface area contributed by atoms with Gasteiger partial charge in [0.25, 0.3) is 5.91 Å². The number of likely N-dealkylation sites (N-methyl/N-ethyl adjacent to an activating group) is 1. The lowest BCUT2D eigenvalue weighted by molar-refractivity contribution is -0.134. The normalized spacial score (nSPS) is 19.3. The third kappa shape index (κ3) is 3.67. The van der Waals surface area contributed by atoms with Gasteiger partial charge < -0.3 is 15.0 Å². The van der Waals surface area contributed by atoms with E-state index >= 15 is 0 Å². The number of likely N-dealkylation sites (tertiary alicyclic amines) is 1. The van der Waals surface area contributed by atoms with E-state index in [4.69, 9.17) is 4.74 Å². The monoisotopic (exact) mass is 266 g/mol. The number of benzene rings is 1. The summed E-state index contributed by atoms with van der Waals surface area (Å²) in [4.78, 5) is 13.8. The van der Waals surface area contributed by atoms with Crippen LogP contribution in [0.2, 0.25) is 0 Å². The molecule has 0 aliphatic carbocycles. The minimum atomic E-state index is -0.443. The molecule has 1 saturated heterocycles. The number of hydrogen-bond acceptors (Lipinski definition) is 3. The Bertz CT molecular complexity index is 439. The van der Waals surface area contributed by atoms with Gasteiger partial charge in [0.2, 0.25) is 0 Å². The SMILES string of the molecule is CN[C@@H]1CCCN(C(=O)COc2ccccc2F)C1. The third-order valence-electron chi connectivity index (χ3n) is 3.37. The average Bonchev–Trinajstić information content (AvgIpc) is 2.46. The Morgan fingerprint density at radius 1 is 1.53 bits per heavy atom. The van der Waals surface area contributed by atoms with Gasteiger partial charge in [-0.1, -0.05) is 12.1 Å². The quantitative estimate of drug-likeness (QED) is 0.896.